The quantitative estimate of drug-likeness (QED) is 0.869. The average Bonchev–Trinajstić information content (AvgIpc) is 2.45. The van der Waals surface area contributed by atoms with Gasteiger partial charge in [-0.1, -0.05) is 29.8 Å². The number of aryl methyl sites for hydroxylation is 1. The number of urea groups is 1. The molecule has 0 aliphatic carbocycles. The summed E-state index contributed by atoms with van der Waals surface area (Å²) in [5, 5.41) is 11.9. The first-order valence-electron chi connectivity index (χ1n) is 6.50. The van der Waals surface area contributed by atoms with Crippen LogP contribution in [-0.4, -0.2) is 48.3 Å². The summed E-state index contributed by atoms with van der Waals surface area (Å²) in [5.74, 6) is -1.07. The number of carboxylic acids is 1. The largest absolute Gasteiger partial charge is 0.479 e. The Hall–Kier alpha value is -2.08. The minimum absolute atomic E-state index is 0.373. The number of nitrogens with one attached hydrogen (secondary N) is 1. The number of rotatable bonds is 3. The van der Waals surface area contributed by atoms with Gasteiger partial charge >= 0.3 is 12.0 Å². The van der Waals surface area contributed by atoms with E-state index in [-0.39, 0.29) is 6.03 Å². The first-order chi connectivity index (χ1) is 9.58. The molecule has 2 N–H and O–H groups in total. The van der Waals surface area contributed by atoms with Crippen LogP contribution >= 0.6 is 0 Å². The standard InChI is InChI=1S/C14H18N2O4/c1-10-3-2-4-11(9-10)12(13(17)18)15-14(19)16-5-7-20-8-6-16/h2-4,9,12H,5-8H2,1H3,(H,15,19)(H,17,18). The number of hydrogen-bond donors (Lipinski definition) is 2. The van der Waals surface area contributed by atoms with Gasteiger partial charge in [0.15, 0.2) is 6.04 Å². The molecule has 0 aromatic heterocycles. The molecule has 6 heteroatoms. The van der Waals surface area contributed by atoms with Crippen molar-refractivity contribution in [2.24, 2.45) is 0 Å². The fraction of sp³-hybridized carbons (Fsp3) is 0.429. The minimum atomic E-state index is -1.07. The Morgan fingerprint density at radius 1 is 1.35 bits per heavy atom. The summed E-state index contributed by atoms with van der Waals surface area (Å²) in [6.45, 7) is 3.80. The smallest absolute Gasteiger partial charge is 0.330 e. The van der Waals surface area contributed by atoms with E-state index < -0.39 is 12.0 Å². The molecule has 0 saturated carbocycles. The summed E-state index contributed by atoms with van der Waals surface area (Å²) in [4.78, 5) is 25.0. The Labute approximate surface area is 117 Å². The topological polar surface area (TPSA) is 78.9 Å². The zero-order chi connectivity index (χ0) is 14.5. The Bertz CT molecular complexity index is 498. The third-order valence-corrected chi connectivity index (χ3v) is 3.19. The molecule has 1 aliphatic heterocycles. The summed E-state index contributed by atoms with van der Waals surface area (Å²) in [7, 11) is 0. The van der Waals surface area contributed by atoms with E-state index in [1.54, 1.807) is 23.1 Å². The lowest BCUT2D eigenvalue weighted by molar-refractivity contribution is -0.139. The number of nitrogens with zero attached hydrogens (tertiary/aromatic N) is 1. The van der Waals surface area contributed by atoms with E-state index in [1.807, 2.05) is 13.0 Å². The van der Waals surface area contributed by atoms with Gasteiger partial charge < -0.3 is 20.1 Å². The van der Waals surface area contributed by atoms with Gasteiger partial charge in [-0.2, -0.15) is 0 Å². The van der Waals surface area contributed by atoms with E-state index in [0.29, 0.717) is 31.9 Å². The Balaban J connectivity index is 2.09. The maximum absolute atomic E-state index is 12.1. The molecular weight excluding hydrogens is 260 g/mol. The number of benzene rings is 1. The molecule has 1 heterocycles. The fourth-order valence-electron chi connectivity index (χ4n) is 2.12. The highest BCUT2D eigenvalue weighted by molar-refractivity contribution is 5.83. The summed E-state index contributed by atoms with van der Waals surface area (Å²) >= 11 is 0. The van der Waals surface area contributed by atoms with Gasteiger partial charge in [0.2, 0.25) is 0 Å². The number of amides is 2. The minimum Gasteiger partial charge on any atom is -0.479 e. The van der Waals surface area contributed by atoms with Gasteiger partial charge in [0.1, 0.15) is 0 Å². The second kappa shape index (κ2) is 6.38. The first-order valence-corrected chi connectivity index (χ1v) is 6.50. The van der Waals surface area contributed by atoms with Gasteiger partial charge in [-0.15, -0.1) is 0 Å². The number of carboxylic acid groups (broad SMARTS) is 1. The normalized spacial score (nSPS) is 16.6. The summed E-state index contributed by atoms with van der Waals surface area (Å²) in [6, 6.07) is 5.71. The lowest BCUT2D eigenvalue weighted by Gasteiger charge is -2.28. The molecule has 1 aliphatic rings. The molecule has 2 rings (SSSR count). The van der Waals surface area contributed by atoms with Crippen LogP contribution in [0, 0.1) is 6.92 Å². The Kier molecular flexibility index (Phi) is 4.57. The van der Waals surface area contributed by atoms with Crippen LogP contribution in [0.2, 0.25) is 0 Å². The van der Waals surface area contributed by atoms with Crippen molar-refractivity contribution >= 4 is 12.0 Å². The van der Waals surface area contributed by atoms with Crippen molar-refractivity contribution in [1.29, 1.82) is 0 Å². The van der Waals surface area contributed by atoms with E-state index in [9.17, 15) is 14.7 Å². The van der Waals surface area contributed by atoms with Crippen LogP contribution in [0.1, 0.15) is 17.2 Å². The lowest BCUT2D eigenvalue weighted by Crippen LogP contribution is -2.48. The van der Waals surface area contributed by atoms with Gasteiger partial charge in [0, 0.05) is 13.1 Å². The van der Waals surface area contributed by atoms with Crippen molar-refractivity contribution in [3.63, 3.8) is 0 Å². The zero-order valence-electron chi connectivity index (χ0n) is 11.3. The molecular formula is C14H18N2O4. The van der Waals surface area contributed by atoms with Crippen LogP contribution < -0.4 is 5.32 Å². The lowest BCUT2D eigenvalue weighted by atomic mass is 10.0. The average molecular weight is 278 g/mol. The van der Waals surface area contributed by atoms with E-state index in [2.05, 4.69) is 5.32 Å². The van der Waals surface area contributed by atoms with Crippen molar-refractivity contribution in [1.82, 2.24) is 10.2 Å². The van der Waals surface area contributed by atoms with Crippen molar-refractivity contribution in [2.75, 3.05) is 26.3 Å². The third-order valence-electron chi connectivity index (χ3n) is 3.19. The number of carbonyl (C=O) groups excluding carboxylic acids is 1. The number of hydrogen-bond acceptors (Lipinski definition) is 3. The number of morpholine rings is 1. The van der Waals surface area contributed by atoms with E-state index >= 15 is 0 Å². The molecule has 20 heavy (non-hydrogen) atoms. The van der Waals surface area contributed by atoms with E-state index in [4.69, 9.17) is 4.74 Å². The molecule has 1 unspecified atom stereocenters. The molecule has 1 aromatic carbocycles. The van der Waals surface area contributed by atoms with Gasteiger partial charge in [0.25, 0.3) is 0 Å². The van der Waals surface area contributed by atoms with Crippen molar-refractivity contribution in [3.05, 3.63) is 35.4 Å². The molecule has 1 aromatic rings. The van der Waals surface area contributed by atoms with Crippen LogP contribution in [-0.2, 0) is 9.53 Å². The molecule has 0 bridgehead atoms. The van der Waals surface area contributed by atoms with Crippen LogP contribution in [0.5, 0.6) is 0 Å². The number of carbonyl (C=O) groups is 2. The van der Waals surface area contributed by atoms with Crippen LogP contribution in [0.3, 0.4) is 0 Å². The second-order valence-electron chi connectivity index (χ2n) is 4.73. The molecule has 2 amide bonds. The maximum atomic E-state index is 12.1. The van der Waals surface area contributed by atoms with Crippen molar-refractivity contribution < 1.29 is 19.4 Å². The van der Waals surface area contributed by atoms with Crippen LogP contribution in [0.4, 0.5) is 4.79 Å². The van der Waals surface area contributed by atoms with Crippen molar-refractivity contribution in [3.8, 4) is 0 Å². The molecule has 0 radical (unpaired) electrons. The molecule has 108 valence electrons. The molecule has 1 fully saturated rings. The highest BCUT2D eigenvalue weighted by Crippen LogP contribution is 2.15. The van der Waals surface area contributed by atoms with Gasteiger partial charge in [-0.3, -0.25) is 0 Å². The maximum Gasteiger partial charge on any atom is 0.330 e. The highest BCUT2D eigenvalue weighted by atomic mass is 16.5. The van der Waals surface area contributed by atoms with Gasteiger partial charge in [-0.25, -0.2) is 9.59 Å². The molecule has 1 saturated heterocycles. The Morgan fingerprint density at radius 3 is 2.65 bits per heavy atom. The van der Waals surface area contributed by atoms with Crippen molar-refractivity contribution in [2.45, 2.75) is 13.0 Å². The fourth-order valence-corrected chi connectivity index (χ4v) is 2.12. The predicted molar refractivity (Wildman–Crippen MR) is 72.5 cm³/mol. The number of aliphatic carboxylic acids is 1. The Morgan fingerprint density at radius 2 is 2.05 bits per heavy atom. The van der Waals surface area contributed by atoms with Crippen LogP contribution in [0.25, 0.3) is 0 Å². The summed E-state index contributed by atoms with van der Waals surface area (Å²) in [5.41, 5.74) is 1.52. The number of ether oxygens (including phenoxy) is 1. The molecule has 0 spiro atoms. The monoisotopic (exact) mass is 278 g/mol. The molecule has 1 atom stereocenters. The van der Waals surface area contributed by atoms with E-state index in [1.165, 1.54) is 0 Å². The van der Waals surface area contributed by atoms with Gasteiger partial charge in [-0.05, 0) is 12.5 Å². The third kappa shape index (κ3) is 3.48. The summed E-state index contributed by atoms with van der Waals surface area (Å²) in [6.07, 6.45) is 0. The van der Waals surface area contributed by atoms with E-state index in [0.717, 1.165) is 5.56 Å². The van der Waals surface area contributed by atoms with Gasteiger partial charge in [0.05, 0.1) is 13.2 Å². The molecule has 6 nitrogen and oxygen atoms in total. The SMILES string of the molecule is Cc1cccc(C(NC(=O)N2CCOCC2)C(=O)O)c1. The zero-order valence-corrected chi connectivity index (χ0v) is 11.3. The summed E-state index contributed by atoms with van der Waals surface area (Å²) < 4.78 is 5.16. The highest BCUT2D eigenvalue weighted by Gasteiger charge is 2.25. The second-order valence-corrected chi connectivity index (χ2v) is 4.73. The predicted octanol–water partition coefficient (Wildman–Crippen LogP) is 1.16. The first kappa shape index (κ1) is 14.3. The van der Waals surface area contributed by atoms with Crippen LogP contribution in [0.15, 0.2) is 24.3 Å².